The van der Waals surface area contributed by atoms with Crippen LogP contribution in [-0.4, -0.2) is 33.7 Å². The van der Waals surface area contributed by atoms with Gasteiger partial charge in [0.15, 0.2) is 5.16 Å². The van der Waals surface area contributed by atoms with Crippen LogP contribution < -0.4 is 5.32 Å². The molecule has 5 nitrogen and oxygen atoms in total. The second-order valence-electron chi connectivity index (χ2n) is 6.02. The molecule has 0 spiro atoms. The van der Waals surface area contributed by atoms with Crippen LogP contribution in [0.2, 0.25) is 10.0 Å². The number of nitrogens with one attached hydrogen (secondary N) is 1. The Balaban J connectivity index is 1.90. The summed E-state index contributed by atoms with van der Waals surface area (Å²) in [6.07, 6.45) is 6.08. The number of hydrogen-bond donors (Lipinski definition) is 1. The van der Waals surface area contributed by atoms with Gasteiger partial charge in [0.1, 0.15) is 0 Å². The number of carbonyl (C=O) groups excluding carboxylic acids is 1. The van der Waals surface area contributed by atoms with Crippen LogP contribution in [-0.2, 0) is 6.42 Å². The van der Waals surface area contributed by atoms with Crippen molar-refractivity contribution in [3.05, 3.63) is 69.6 Å². The van der Waals surface area contributed by atoms with Crippen molar-refractivity contribution >= 4 is 40.9 Å². The Morgan fingerprint density at radius 3 is 2.68 bits per heavy atom. The monoisotopic (exact) mass is 432 g/mol. The highest BCUT2D eigenvalue weighted by Crippen LogP contribution is 2.31. The molecule has 1 N–H and O–H groups in total. The Kier molecular flexibility index (Phi) is 6.88. The number of benzene rings is 1. The SMILES string of the molecule is CSc1nc(C)c(C(=O)NCCc2cccnc2)c(-c2ccc(Cl)c(Cl)c2)n1. The Labute approximate surface area is 177 Å². The predicted octanol–water partition coefficient (Wildman–Crippen LogP) is 4.85. The Morgan fingerprint density at radius 2 is 2.00 bits per heavy atom. The van der Waals surface area contributed by atoms with E-state index in [9.17, 15) is 4.79 Å². The fourth-order valence-electron chi connectivity index (χ4n) is 2.72. The van der Waals surface area contributed by atoms with Gasteiger partial charge in [-0.05, 0) is 43.4 Å². The van der Waals surface area contributed by atoms with Crippen molar-refractivity contribution in [3.63, 3.8) is 0 Å². The van der Waals surface area contributed by atoms with Crippen LogP contribution in [0.4, 0.5) is 0 Å². The molecule has 1 aromatic carbocycles. The molecule has 0 radical (unpaired) electrons. The lowest BCUT2D eigenvalue weighted by Crippen LogP contribution is -2.27. The number of aromatic nitrogens is 3. The zero-order chi connectivity index (χ0) is 20.1. The minimum absolute atomic E-state index is 0.227. The van der Waals surface area contributed by atoms with Crippen molar-refractivity contribution in [2.75, 3.05) is 12.8 Å². The molecule has 0 bridgehead atoms. The van der Waals surface area contributed by atoms with Crippen molar-refractivity contribution in [1.29, 1.82) is 0 Å². The highest BCUT2D eigenvalue weighted by Gasteiger charge is 2.20. The summed E-state index contributed by atoms with van der Waals surface area (Å²) < 4.78 is 0. The third-order valence-corrected chi connectivity index (χ3v) is 5.38. The number of aryl methyl sites for hydroxylation is 1. The first-order valence-electron chi connectivity index (χ1n) is 8.54. The molecular formula is C20H18Cl2N4OS. The van der Waals surface area contributed by atoms with Gasteiger partial charge >= 0.3 is 0 Å². The van der Waals surface area contributed by atoms with Gasteiger partial charge in [-0.15, -0.1) is 0 Å². The molecule has 8 heteroatoms. The van der Waals surface area contributed by atoms with Crippen LogP contribution in [0.25, 0.3) is 11.3 Å². The number of amides is 1. The molecule has 2 aromatic heterocycles. The van der Waals surface area contributed by atoms with E-state index in [-0.39, 0.29) is 5.91 Å². The molecule has 0 aliphatic rings. The summed E-state index contributed by atoms with van der Waals surface area (Å²) in [7, 11) is 0. The average Bonchev–Trinajstić information content (AvgIpc) is 2.70. The molecule has 0 saturated heterocycles. The van der Waals surface area contributed by atoms with E-state index in [4.69, 9.17) is 23.2 Å². The van der Waals surface area contributed by atoms with Crippen molar-refractivity contribution in [1.82, 2.24) is 20.3 Å². The van der Waals surface area contributed by atoms with Gasteiger partial charge in [-0.3, -0.25) is 9.78 Å². The van der Waals surface area contributed by atoms with Crippen LogP contribution in [0, 0.1) is 6.92 Å². The summed E-state index contributed by atoms with van der Waals surface area (Å²) in [5, 5.41) is 4.39. The third-order valence-electron chi connectivity index (χ3n) is 4.09. The standard InChI is InChI=1S/C20H18Cl2N4OS/c1-12-17(19(27)24-9-7-13-4-3-8-23-11-13)18(26-20(25-12)28-2)14-5-6-15(21)16(22)10-14/h3-6,8,10-11H,7,9H2,1-2H3,(H,24,27). The summed E-state index contributed by atoms with van der Waals surface area (Å²) in [5.74, 6) is -0.227. The molecular weight excluding hydrogens is 415 g/mol. The van der Waals surface area contributed by atoms with Gasteiger partial charge in [-0.1, -0.05) is 47.1 Å². The van der Waals surface area contributed by atoms with E-state index in [2.05, 4.69) is 20.3 Å². The molecule has 144 valence electrons. The van der Waals surface area contributed by atoms with Crippen molar-refractivity contribution < 1.29 is 4.79 Å². The van der Waals surface area contributed by atoms with Crippen LogP contribution in [0.3, 0.4) is 0 Å². The minimum atomic E-state index is -0.227. The zero-order valence-corrected chi connectivity index (χ0v) is 17.7. The predicted molar refractivity (Wildman–Crippen MR) is 114 cm³/mol. The van der Waals surface area contributed by atoms with E-state index in [1.807, 2.05) is 18.4 Å². The molecule has 1 amide bonds. The molecule has 3 rings (SSSR count). The number of pyridine rings is 1. The Hall–Kier alpha value is -2.15. The maximum absolute atomic E-state index is 12.9. The lowest BCUT2D eigenvalue weighted by Gasteiger charge is -2.14. The van der Waals surface area contributed by atoms with Crippen LogP contribution in [0.1, 0.15) is 21.6 Å². The maximum Gasteiger partial charge on any atom is 0.255 e. The van der Waals surface area contributed by atoms with Crippen LogP contribution in [0.15, 0.2) is 47.9 Å². The van der Waals surface area contributed by atoms with Gasteiger partial charge < -0.3 is 5.32 Å². The van der Waals surface area contributed by atoms with E-state index < -0.39 is 0 Å². The van der Waals surface area contributed by atoms with Gasteiger partial charge in [-0.2, -0.15) is 0 Å². The summed E-state index contributed by atoms with van der Waals surface area (Å²) >= 11 is 13.6. The first-order chi connectivity index (χ1) is 13.5. The first kappa shape index (κ1) is 20.6. The summed E-state index contributed by atoms with van der Waals surface area (Å²) in [6, 6.07) is 9.05. The quantitative estimate of drug-likeness (QED) is 0.445. The molecule has 0 unspecified atom stereocenters. The summed E-state index contributed by atoms with van der Waals surface area (Å²) in [4.78, 5) is 26.0. The number of nitrogens with zero attached hydrogens (tertiary/aromatic N) is 3. The lowest BCUT2D eigenvalue weighted by molar-refractivity contribution is 0.0953. The molecule has 0 atom stereocenters. The van der Waals surface area contributed by atoms with Crippen LogP contribution >= 0.6 is 35.0 Å². The van der Waals surface area contributed by atoms with Gasteiger partial charge in [0.2, 0.25) is 0 Å². The molecule has 2 heterocycles. The summed E-state index contributed by atoms with van der Waals surface area (Å²) in [5.41, 5.74) is 3.35. The second kappa shape index (κ2) is 9.37. The normalized spacial score (nSPS) is 10.7. The largest absolute Gasteiger partial charge is 0.352 e. The second-order valence-corrected chi connectivity index (χ2v) is 7.60. The Morgan fingerprint density at radius 1 is 1.18 bits per heavy atom. The average molecular weight is 433 g/mol. The molecule has 0 fully saturated rings. The Bertz CT molecular complexity index is 999. The molecule has 3 aromatic rings. The van der Waals surface area contributed by atoms with Crippen molar-refractivity contribution in [2.24, 2.45) is 0 Å². The van der Waals surface area contributed by atoms with Gasteiger partial charge in [-0.25, -0.2) is 9.97 Å². The van der Waals surface area contributed by atoms with Crippen LogP contribution in [0.5, 0.6) is 0 Å². The van der Waals surface area contributed by atoms with E-state index in [0.29, 0.717) is 50.7 Å². The number of hydrogen-bond acceptors (Lipinski definition) is 5. The topological polar surface area (TPSA) is 67.8 Å². The zero-order valence-electron chi connectivity index (χ0n) is 15.4. The summed E-state index contributed by atoms with van der Waals surface area (Å²) in [6.45, 7) is 2.29. The van der Waals surface area contributed by atoms with E-state index in [1.165, 1.54) is 11.8 Å². The lowest BCUT2D eigenvalue weighted by atomic mass is 10.0. The maximum atomic E-state index is 12.9. The third kappa shape index (κ3) is 4.82. The highest BCUT2D eigenvalue weighted by molar-refractivity contribution is 7.98. The number of carbonyl (C=O) groups is 1. The van der Waals surface area contributed by atoms with Gasteiger partial charge in [0.05, 0.1) is 27.0 Å². The van der Waals surface area contributed by atoms with Gasteiger partial charge in [0.25, 0.3) is 5.91 Å². The fourth-order valence-corrected chi connectivity index (χ4v) is 3.43. The molecule has 0 saturated carbocycles. The first-order valence-corrected chi connectivity index (χ1v) is 10.5. The number of thioether (sulfide) groups is 1. The molecule has 0 aliphatic carbocycles. The van der Waals surface area contributed by atoms with Gasteiger partial charge in [0, 0.05) is 24.5 Å². The number of rotatable bonds is 6. The van der Waals surface area contributed by atoms with Crippen molar-refractivity contribution in [3.8, 4) is 11.3 Å². The minimum Gasteiger partial charge on any atom is -0.352 e. The van der Waals surface area contributed by atoms with Crippen molar-refractivity contribution in [2.45, 2.75) is 18.5 Å². The van der Waals surface area contributed by atoms with E-state index >= 15 is 0 Å². The molecule has 0 aliphatic heterocycles. The smallest absolute Gasteiger partial charge is 0.255 e. The van der Waals surface area contributed by atoms with E-state index in [1.54, 1.807) is 37.5 Å². The molecule has 28 heavy (non-hydrogen) atoms. The van der Waals surface area contributed by atoms with E-state index in [0.717, 1.165) is 5.56 Å². The fraction of sp³-hybridized carbons (Fsp3) is 0.200. The number of halogens is 2. The highest BCUT2D eigenvalue weighted by atomic mass is 35.5.